The molecule has 0 atom stereocenters. The number of carboxylic acid groups (broad SMARTS) is 1. The minimum Gasteiger partial charge on any atom is -0.477 e. The molecule has 0 aliphatic carbocycles. The number of imidazole rings is 1. The maximum Gasteiger partial charge on any atom is 0.354 e. The van der Waals surface area contributed by atoms with Gasteiger partial charge in [-0.15, -0.1) is 0 Å². The highest BCUT2D eigenvalue weighted by Crippen LogP contribution is 2.03. The number of nitrogens with zero attached hydrogens (tertiary/aromatic N) is 1. The Labute approximate surface area is 108 Å². The largest absolute Gasteiger partial charge is 0.477 e. The lowest BCUT2D eigenvalue weighted by molar-refractivity contribution is 0.0685. The van der Waals surface area contributed by atoms with E-state index in [0.29, 0.717) is 12.3 Å². The van der Waals surface area contributed by atoms with Gasteiger partial charge in [0.25, 0.3) is 5.91 Å². The van der Waals surface area contributed by atoms with Crippen molar-refractivity contribution in [1.29, 1.82) is 0 Å². The number of aromatic carboxylic acids is 1. The van der Waals surface area contributed by atoms with Crippen molar-refractivity contribution in [2.75, 3.05) is 24.7 Å². The molecule has 18 heavy (non-hydrogen) atoms. The van der Waals surface area contributed by atoms with Crippen LogP contribution >= 0.6 is 11.8 Å². The molecule has 0 fully saturated rings. The van der Waals surface area contributed by atoms with E-state index >= 15 is 0 Å². The van der Waals surface area contributed by atoms with Crippen LogP contribution in [0.15, 0.2) is 6.33 Å². The smallest absolute Gasteiger partial charge is 0.354 e. The van der Waals surface area contributed by atoms with Crippen LogP contribution in [-0.4, -0.2) is 56.7 Å². The Kier molecular flexibility index (Phi) is 6.23. The first-order valence-electron chi connectivity index (χ1n) is 5.40. The zero-order valence-corrected chi connectivity index (χ0v) is 10.5. The molecule has 0 unspecified atom stereocenters. The second kappa shape index (κ2) is 7.72. The fraction of sp³-hybridized carbons (Fsp3) is 0.500. The van der Waals surface area contributed by atoms with Gasteiger partial charge in [-0.05, 0) is 12.2 Å². The van der Waals surface area contributed by atoms with E-state index in [-0.39, 0.29) is 18.0 Å². The van der Waals surface area contributed by atoms with E-state index in [4.69, 9.17) is 10.2 Å². The second-order valence-corrected chi connectivity index (χ2v) is 4.60. The number of aromatic amines is 1. The third-order valence-corrected chi connectivity index (χ3v) is 3.12. The zero-order chi connectivity index (χ0) is 13.4. The van der Waals surface area contributed by atoms with Crippen molar-refractivity contribution in [2.45, 2.75) is 6.42 Å². The van der Waals surface area contributed by atoms with Gasteiger partial charge in [0.1, 0.15) is 0 Å². The number of carbonyl (C=O) groups excluding carboxylic acids is 1. The Bertz CT molecular complexity index is 408. The predicted octanol–water partition coefficient (Wildman–Crippen LogP) is -0.0467. The van der Waals surface area contributed by atoms with Gasteiger partial charge in [-0.3, -0.25) is 4.79 Å². The number of hydrogen-bond donors (Lipinski definition) is 4. The lowest BCUT2D eigenvalue weighted by Gasteiger charge is -2.03. The molecular formula is C10H15N3O4S. The number of amides is 1. The summed E-state index contributed by atoms with van der Waals surface area (Å²) in [5.41, 5.74) is -0.316. The molecule has 0 aromatic carbocycles. The molecule has 1 aromatic rings. The lowest BCUT2D eigenvalue weighted by atomic mass is 10.3. The Morgan fingerprint density at radius 1 is 1.44 bits per heavy atom. The molecule has 4 N–H and O–H groups in total. The Morgan fingerprint density at radius 2 is 2.22 bits per heavy atom. The fourth-order valence-electron chi connectivity index (χ4n) is 1.22. The van der Waals surface area contributed by atoms with Crippen LogP contribution in [-0.2, 0) is 0 Å². The standard InChI is InChI=1S/C10H15N3O4S/c14-3-1-4-18-5-2-11-9(15)7-8(10(16)17)13-6-12-7/h6,14H,1-5H2,(H,11,15)(H,12,13)(H,16,17). The molecule has 0 aliphatic rings. The van der Waals surface area contributed by atoms with Crippen LogP contribution in [0.5, 0.6) is 0 Å². The van der Waals surface area contributed by atoms with Crippen LogP contribution in [0.2, 0.25) is 0 Å². The summed E-state index contributed by atoms with van der Waals surface area (Å²) in [6.45, 7) is 0.593. The molecule has 1 aromatic heterocycles. The SMILES string of the molecule is O=C(NCCSCCCO)c1nc[nH]c1C(=O)O. The normalized spacial score (nSPS) is 10.3. The van der Waals surface area contributed by atoms with Crippen molar-refractivity contribution in [1.82, 2.24) is 15.3 Å². The fourth-order valence-corrected chi connectivity index (χ4v) is 2.00. The summed E-state index contributed by atoms with van der Waals surface area (Å²) in [6, 6.07) is 0. The molecule has 8 heteroatoms. The number of rotatable bonds is 8. The first kappa shape index (κ1) is 14.5. The van der Waals surface area contributed by atoms with Crippen molar-refractivity contribution in [3.05, 3.63) is 17.7 Å². The van der Waals surface area contributed by atoms with Crippen LogP contribution in [0, 0.1) is 0 Å². The summed E-state index contributed by atoms with van der Waals surface area (Å²) in [5.74, 6) is -0.181. The highest BCUT2D eigenvalue weighted by atomic mass is 32.2. The molecule has 0 spiro atoms. The van der Waals surface area contributed by atoms with Gasteiger partial charge in [0.05, 0.1) is 6.33 Å². The minimum atomic E-state index is -1.21. The molecular weight excluding hydrogens is 258 g/mol. The third-order valence-electron chi connectivity index (χ3n) is 2.05. The van der Waals surface area contributed by atoms with Gasteiger partial charge in [-0.2, -0.15) is 11.8 Å². The van der Waals surface area contributed by atoms with E-state index in [1.807, 2.05) is 0 Å². The minimum absolute atomic E-state index is 0.108. The number of carboxylic acids is 1. The number of H-pyrrole nitrogens is 1. The molecule has 0 bridgehead atoms. The summed E-state index contributed by atoms with van der Waals surface area (Å²) in [7, 11) is 0. The number of nitrogens with one attached hydrogen (secondary N) is 2. The Morgan fingerprint density at radius 3 is 2.89 bits per heavy atom. The van der Waals surface area contributed by atoms with Crippen LogP contribution < -0.4 is 5.32 Å². The lowest BCUT2D eigenvalue weighted by Crippen LogP contribution is -2.27. The van der Waals surface area contributed by atoms with Gasteiger partial charge in [-0.25, -0.2) is 9.78 Å². The summed E-state index contributed by atoms with van der Waals surface area (Å²) in [5, 5.41) is 20.0. The van der Waals surface area contributed by atoms with Crippen LogP contribution in [0.1, 0.15) is 27.4 Å². The first-order valence-corrected chi connectivity index (χ1v) is 6.55. The summed E-state index contributed by atoms with van der Waals surface area (Å²) >= 11 is 1.61. The van der Waals surface area contributed by atoms with Crippen LogP contribution in [0.25, 0.3) is 0 Å². The molecule has 0 saturated carbocycles. The number of aliphatic hydroxyl groups is 1. The van der Waals surface area contributed by atoms with Crippen molar-refractivity contribution in [2.24, 2.45) is 0 Å². The second-order valence-electron chi connectivity index (χ2n) is 3.38. The maximum absolute atomic E-state index is 11.6. The van der Waals surface area contributed by atoms with Crippen LogP contribution in [0.4, 0.5) is 0 Å². The quantitative estimate of drug-likeness (QED) is 0.494. The van der Waals surface area contributed by atoms with Crippen molar-refractivity contribution in [3.63, 3.8) is 0 Å². The third kappa shape index (κ3) is 4.38. The average Bonchev–Trinajstić information content (AvgIpc) is 2.82. The zero-order valence-electron chi connectivity index (χ0n) is 9.68. The molecule has 1 amide bonds. The average molecular weight is 273 g/mol. The van der Waals surface area contributed by atoms with E-state index in [0.717, 1.165) is 12.2 Å². The van der Waals surface area contributed by atoms with Gasteiger partial charge in [0, 0.05) is 18.9 Å². The number of hydrogen-bond acceptors (Lipinski definition) is 5. The molecule has 0 radical (unpaired) electrons. The Hall–Kier alpha value is -1.54. The molecule has 0 saturated heterocycles. The summed E-state index contributed by atoms with van der Waals surface area (Å²) in [6.07, 6.45) is 1.90. The highest BCUT2D eigenvalue weighted by molar-refractivity contribution is 7.99. The predicted molar refractivity (Wildman–Crippen MR) is 66.9 cm³/mol. The van der Waals surface area contributed by atoms with Crippen molar-refractivity contribution < 1.29 is 19.8 Å². The van der Waals surface area contributed by atoms with Crippen molar-refractivity contribution in [3.8, 4) is 0 Å². The maximum atomic E-state index is 11.6. The number of aromatic nitrogens is 2. The van der Waals surface area contributed by atoms with E-state index in [2.05, 4.69) is 15.3 Å². The van der Waals surface area contributed by atoms with E-state index < -0.39 is 11.9 Å². The molecule has 0 aliphatic heterocycles. The highest BCUT2D eigenvalue weighted by Gasteiger charge is 2.18. The Balaban J connectivity index is 2.32. The number of carbonyl (C=O) groups is 2. The van der Waals surface area contributed by atoms with Crippen molar-refractivity contribution >= 4 is 23.6 Å². The molecule has 100 valence electrons. The molecule has 1 rings (SSSR count). The summed E-state index contributed by atoms with van der Waals surface area (Å²) < 4.78 is 0. The van der Waals surface area contributed by atoms with E-state index in [1.54, 1.807) is 11.8 Å². The molecule has 1 heterocycles. The topological polar surface area (TPSA) is 115 Å². The van der Waals surface area contributed by atoms with Gasteiger partial charge < -0.3 is 20.5 Å². The van der Waals surface area contributed by atoms with E-state index in [1.165, 1.54) is 6.33 Å². The van der Waals surface area contributed by atoms with Crippen LogP contribution in [0.3, 0.4) is 0 Å². The van der Waals surface area contributed by atoms with Gasteiger partial charge in [0.2, 0.25) is 0 Å². The number of aliphatic hydroxyl groups excluding tert-OH is 1. The monoisotopic (exact) mass is 273 g/mol. The number of thioether (sulfide) groups is 1. The van der Waals surface area contributed by atoms with Gasteiger partial charge >= 0.3 is 5.97 Å². The van der Waals surface area contributed by atoms with E-state index in [9.17, 15) is 9.59 Å². The van der Waals surface area contributed by atoms with Gasteiger partial charge in [-0.1, -0.05) is 0 Å². The van der Waals surface area contributed by atoms with Gasteiger partial charge in [0.15, 0.2) is 11.4 Å². The first-order chi connectivity index (χ1) is 8.66. The summed E-state index contributed by atoms with van der Waals surface area (Å²) in [4.78, 5) is 28.4. The molecule has 7 nitrogen and oxygen atoms in total.